The van der Waals surface area contributed by atoms with Crippen molar-refractivity contribution in [1.82, 2.24) is 0 Å². The van der Waals surface area contributed by atoms with Crippen LogP contribution in [0.4, 0.5) is 0 Å². The van der Waals surface area contributed by atoms with Gasteiger partial charge in [0.05, 0.1) is 9.38 Å². The van der Waals surface area contributed by atoms with Gasteiger partial charge in [-0.05, 0) is 51.5 Å². The predicted molar refractivity (Wildman–Crippen MR) is 72.5 cm³/mol. The summed E-state index contributed by atoms with van der Waals surface area (Å²) in [6.45, 7) is 0.206. The van der Waals surface area contributed by atoms with Gasteiger partial charge in [0.1, 0.15) is 0 Å². The first-order chi connectivity index (χ1) is 8.65. The van der Waals surface area contributed by atoms with Crippen LogP contribution in [0.5, 0.6) is 11.5 Å². The molecule has 0 spiro atoms. The molecule has 2 aliphatic heterocycles. The van der Waals surface area contributed by atoms with E-state index in [0.29, 0.717) is 16.4 Å². The third-order valence-corrected chi connectivity index (χ3v) is 4.06. The maximum atomic E-state index is 11.5. The van der Waals surface area contributed by atoms with E-state index in [9.17, 15) is 4.79 Å². The van der Waals surface area contributed by atoms with Crippen LogP contribution in [0.15, 0.2) is 26.5 Å². The number of thioether (sulfide) groups is 1. The first-order valence-corrected chi connectivity index (χ1v) is 6.62. The summed E-state index contributed by atoms with van der Waals surface area (Å²) >= 11 is 4.59. The number of hydrogen-bond donors (Lipinski definition) is 1. The summed E-state index contributed by atoms with van der Waals surface area (Å²) in [5.74, 6) is 1.01. The molecular weight excluding hydrogens is 320 g/mol. The number of carbonyl (C=O) groups excluding carboxylic acids is 1. The highest BCUT2D eigenvalue weighted by molar-refractivity contribution is 9.10. The largest absolute Gasteiger partial charge is 0.454 e. The van der Waals surface area contributed by atoms with Crippen molar-refractivity contribution in [3.05, 3.63) is 27.1 Å². The van der Waals surface area contributed by atoms with Crippen molar-refractivity contribution in [2.75, 3.05) is 6.79 Å². The van der Waals surface area contributed by atoms with Gasteiger partial charge in [-0.15, -0.1) is 0 Å². The van der Waals surface area contributed by atoms with Gasteiger partial charge in [-0.3, -0.25) is 4.79 Å². The van der Waals surface area contributed by atoms with Gasteiger partial charge >= 0.3 is 0 Å². The number of benzene rings is 1. The fraction of sp³-hybridized carbons (Fsp3) is 0.0909. The molecule has 0 aliphatic carbocycles. The van der Waals surface area contributed by atoms with Gasteiger partial charge in [0.25, 0.3) is 5.91 Å². The van der Waals surface area contributed by atoms with Crippen LogP contribution in [0.2, 0.25) is 0 Å². The Morgan fingerprint density at radius 2 is 2.28 bits per heavy atom. The van der Waals surface area contributed by atoms with Crippen molar-refractivity contribution >= 4 is 44.8 Å². The number of hydrogen-bond acceptors (Lipinski definition) is 5. The zero-order valence-electron chi connectivity index (χ0n) is 8.97. The number of nitrogens with two attached hydrogens (primary N) is 1. The average molecular weight is 327 g/mol. The summed E-state index contributed by atoms with van der Waals surface area (Å²) in [5.41, 5.74) is 6.31. The highest BCUT2D eigenvalue weighted by atomic mass is 79.9. The van der Waals surface area contributed by atoms with Crippen LogP contribution < -0.4 is 15.2 Å². The van der Waals surface area contributed by atoms with Crippen molar-refractivity contribution in [2.45, 2.75) is 0 Å². The molecule has 7 heteroatoms. The summed E-state index contributed by atoms with van der Waals surface area (Å²) in [5, 5.41) is 0.267. The van der Waals surface area contributed by atoms with Crippen molar-refractivity contribution < 1.29 is 14.3 Å². The molecule has 2 heterocycles. The van der Waals surface area contributed by atoms with Crippen LogP contribution in [0.25, 0.3) is 6.08 Å². The molecule has 0 unspecified atom stereocenters. The van der Waals surface area contributed by atoms with Gasteiger partial charge in [0, 0.05) is 0 Å². The molecule has 0 fully saturated rings. The normalized spacial score (nSPS) is 19.5. The minimum atomic E-state index is -0.318. The molecule has 0 radical (unpaired) electrons. The SMILES string of the molecule is NC1=NC(=O)C(=Cc2ccc3c(c2Br)OCO3)S1. The van der Waals surface area contributed by atoms with Gasteiger partial charge in [-0.25, -0.2) is 0 Å². The quantitative estimate of drug-likeness (QED) is 0.800. The van der Waals surface area contributed by atoms with E-state index >= 15 is 0 Å². The smallest absolute Gasteiger partial charge is 0.286 e. The summed E-state index contributed by atoms with van der Waals surface area (Å²) in [6, 6.07) is 3.64. The van der Waals surface area contributed by atoms with E-state index in [2.05, 4.69) is 20.9 Å². The van der Waals surface area contributed by atoms with Gasteiger partial charge in [0.15, 0.2) is 16.7 Å². The number of rotatable bonds is 1. The van der Waals surface area contributed by atoms with E-state index in [1.54, 1.807) is 12.1 Å². The van der Waals surface area contributed by atoms with Crippen LogP contribution in [-0.2, 0) is 4.79 Å². The minimum absolute atomic E-state index is 0.206. The number of nitrogens with zero attached hydrogens (tertiary/aromatic N) is 1. The monoisotopic (exact) mass is 326 g/mol. The standard InChI is InChI=1S/C11H7BrN2O3S/c12-8-5(1-2-6-9(8)17-4-16-6)3-7-10(15)14-11(13)18-7/h1-3H,4H2,(H2,13,14,15). The topological polar surface area (TPSA) is 73.9 Å². The molecule has 1 aromatic carbocycles. The Labute approximate surface area is 115 Å². The lowest BCUT2D eigenvalue weighted by Gasteiger charge is -2.03. The number of amidine groups is 1. The fourth-order valence-electron chi connectivity index (χ4n) is 1.63. The predicted octanol–water partition coefficient (Wildman–Crippen LogP) is 2.11. The Hall–Kier alpha value is -1.47. The van der Waals surface area contributed by atoms with Crippen molar-refractivity contribution in [2.24, 2.45) is 10.7 Å². The summed E-state index contributed by atoms with van der Waals surface area (Å²) in [4.78, 5) is 15.6. The average Bonchev–Trinajstić information content (AvgIpc) is 2.90. The highest BCUT2D eigenvalue weighted by Crippen LogP contribution is 2.42. The van der Waals surface area contributed by atoms with Crippen LogP contribution in [0, 0.1) is 0 Å². The van der Waals surface area contributed by atoms with E-state index in [0.717, 1.165) is 21.8 Å². The summed E-state index contributed by atoms with van der Waals surface area (Å²) in [6.07, 6.45) is 1.72. The zero-order chi connectivity index (χ0) is 12.7. The van der Waals surface area contributed by atoms with E-state index in [1.165, 1.54) is 0 Å². The molecule has 0 saturated carbocycles. The molecule has 2 N–H and O–H groups in total. The molecule has 1 amide bonds. The number of ether oxygens (including phenoxy) is 2. The van der Waals surface area contributed by atoms with Crippen LogP contribution in [0.1, 0.15) is 5.56 Å². The molecule has 0 aromatic heterocycles. The first-order valence-electron chi connectivity index (χ1n) is 5.01. The summed E-state index contributed by atoms with van der Waals surface area (Å²) in [7, 11) is 0. The van der Waals surface area contributed by atoms with Crippen LogP contribution >= 0.6 is 27.7 Å². The van der Waals surface area contributed by atoms with Crippen molar-refractivity contribution in [3.63, 3.8) is 0 Å². The second-order valence-electron chi connectivity index (χ2n) is 3.57. The Bertz CT molecular complexity index is 613. The number of aliphatic imine (C=N–C) groups is 1. The van der Waals surface area contributed by atoms with Crippen molar-refractivity contribution in [3.8, 4) is 11.5 Å². The van der Waals surface area contributed by atoms with Gasteiger partial charge < -0.3 is 15.2 Å². The molecule has 0 atom stereocenters. The van der Waals surface area contributed by atoms with Gasteiger partial charge in [0.2, 0.25) is 6.79 Å². The van der Waals surface area contributed by atoms with E-state index in [-0.39, 0.29) is 17.9 Å². The molecule has 2 aliphatic rings. The molecule has 0 saturated heterocycles. The van der Waals surface area contributed by atoms with Gasteiger partial charge in [-0.1, -0.05) is 0 Å². The molecule has 3 rings (SSSR count). The van der Waals surface area contributed by atoms with Crippen LogP contribution in [-0.4, -0.2) is 17.9 Å². The highest BCUT2D eigenvalue weighted by Gasteiger charge is 2.22. The molecule has 0 bridgehead atoms. The number of carbonyl (C=O) groups is 1. The van der Waals surface area contributed by atoms with Gasteiger partial charge in [-0.2, -0.15) is 4.99 Å². The Kier molecular flexibility index (Phi) is 2.79. The number of amides is 1. The first kappa shape index (κ1) is 11.6. The van der Waals surface area contributed by atoms with Crippen LogP contribution in [0.3, 0.4) is 0 Å². The minimum Gasteiger partial charge on any atom is -0.454 e. The lowest BCUT2D eigenvalue weighted by molar-refractivity contribution is -0.113. The second kappa shape index (κ2) is 4.33. The molecule has 18 heavy (non-hydrogen) atoms. The van der Waals surface area contributed by atoms with E-state index in [1.807, 2.05) is 6.07 Å². The summed E-state index contributed by atoms with van der Waals surface area (Å²) < 4.78 is 11.3. The Morgan fingerprint density at radius 1 is 1.44 bits per heavy atom. The zero-order valence-corrected chi connectivity index (χ0v) is 11.4. The second-order valence-corrected chi connectivity index (χ2v) is 5.42. The number of fused-ring (bicyclic) bond motifs is 1. The lowest BCUT2D eigenvalue weighted by atomic mass is 10.2. The van der Waals surface area contributed by atoms with E-state index < -0.39 is 0 Å². The van der Waals surface area contributed by atoms with Crippen molar-refractivity contribution in [1.29, 1.82) is 0 Å². The maximum absolute atomic E-state index is 11.5. The lowest BCUT2D eigenvalue weighted by Crippen LogP contribution is -2.01. The molecule has 92 valence electrons. The number of halogens is 1. The Balaban J connectivity index is 2.00. The Morgan fingerprint density at radius 3 is 3.00 bits per heavy atom. The molecule has 1 aromatic rings. The fourth-order valence-corrected chi connectivity index (χ4v) is 2.86. The van der Waals surface area contributed by atoms with E-state index in [4.69, 9.17) is 15.2 Å². The molecule has 5 nitrogen and oxygen atoms in total. The third-order valence-electron chi connectivity index (χ3n) is 2.43. The third kappa shape index (κ3) is 1.89. The molecular formula is C11H7BrN2O3S. The maximum Gasteiger partial charge on any atom is 0.286 e.